The van der Waals surface area contributed by atoms with E-state index in [1.165, 1.54) is 0 Å². The van der Waals surface area contributed by atoms with Crippen molar-refractivity contribution in [3.63, 3.8) is 0 Å². The minimum atomic E-state index is 0. The first-order chi connectivity index (χ1) is 6.74. The molecule has 5 heteroatoms. The Kier molecular flexibility index (Phi) is 7.74. The molecular formula is C10H21ClN2O2. The van der Waals surface area contributed by atoms with Crippen molar-refractivity contribution in [3.8, 4) is 0 Å². The van der Waals surface area contributed by atoms with Gasteiger partial charge in [-0.3, -0.25) is 4.79 Å². The molecule has 1 aliphatic rings. The first kappa shape index (κ1) is 14.7. The van der Waals surface area contributed by atoms with Crippen LogP contribution in [0.4, 0.5) is 0 Å². The van der Waals surface area contributed by atoms with Gasteiger partial charge in [-0.25, -0.2) is 0 Å². The van der Waals surface area contributed by atoms with Crippen LogP contribution < -0.4 is 11.1 Å². The molecule has 1 saturated carbocycles. The molecule has 0 saturated heterocycles. The summed E-state index contributed by atoms with van der Waals surface area (Å²) in [6.45, 7) is 1.17. The van der Waals surface area contributed by atoms with E-state index in [-0.39, 0.29) is 24.4 Å². The van der Waals surface area contributed by atoms with Crippen molar-refractivity contribution in [2.45, 2.75) is 31.7 Å². The van der Waals surface area contributed by atoms with Gasteiger partial charge in [0.1, 0.15) is 0 Å². The second-order valence-corrected chi connectivity index (χ2v) is 3.90. The molecule has 1 fully saturated rings. The molecule has 3 N–H and O–H groups in total. The summed E-state index contributed by atoms with van der Waals surface area (Å²) in [5.41, 5.74) is 5.88. The molecule has 0 aromatic heterocycles. The second-order valence-electron chi connectivity index (χ2n) is 3.90. The second kappa shape index (κ2) is 7.91. The summed E-state index contributed by atoms with van der Waals surface area (Å²) in [6, 6.07) is 0.225. The van der Waals surface area contributed by atoms with Gasteiger partial charge in [0.25, 0.3) is 0 Å². The van der Waals surface area contributed by atoms with Crippen LogP contribution in [0.25, 0.3) is 0 Å². The average Bonchev–Trinajstić information content (AvgIpc) is 2.52. The maximum Gasteiger partial charge on any atom is 0.220 e. The van der Waals surface area contributed by atoms with E-state index in [2.05, 4.69) is 5.32 Å². The highest BCUT2D eigenvalue weighted by Crippen LogP contribution is 2.26. The number of amides is 1. The molecule has 2 atom stereocenters. The van der Waals surface area contributed by atoms with Crippen LogP contribution in [0.15, 0.2) is 0 Å². The van der Waals surface area contributed by atoms with Gasteiger partial charge in [0.05, 0.1) is 6.61 Å². The van der Waals surface area contributed by atoms with Crippen LogP contribution in [0.5, 0.6) is 0 Å². The number of methoxy groups -OCH3 is 1. The largest absolute Gasteiger partial charge is 0.383 e. The zero-order valence-electron chi connectivity index (χ0n) is 9.20. The fourth-order valence-electron chi connectivity index (χ4n) is 1.92. The van der Waals surface area contributed by atoms with Crippen LogP contribution in [-0.2, 0) is 9.53 Å². The normalized spacial score (nSPS) is 24.7. The van der Waals surface area contributed by atoms with E-state index in [1.807, 2.05) is 0 Å². The number of nitrogens with two attached hydrogens (primary N) is 1. The standard InChI is InChI=1S/C10H20N2O2.ClH/c1-14-6-5-12-10(13)7-8-3-2-4-9(8)11;/h8-9H,2-7,11H2,1H3,(H,12,13);1H/t8-,9+;/m0./s1. The lowest BCUT2D eigenvalue weighted by Crippen LogP contribution is -2.33. The molecule has 15 heavy (non-hydrogen) atoms. The molecule has 0 heterocycles. The van der Waals surface area contributed by atoms with Crippen molar-refractivity contribution in [2.24, 2.45) is 11.7 Å². The third-order valence-electron chi connectivity index (χ3n) is 2.79. The maximum atomic E-state index is 11.4. The summed E-state index contributed by atoms with van der Waals surface area (Å²) in [6.07, 6.45) is 3.90. The molecule has 0 bridgehead atoms. The van der Waals surface area contributed by atoms with Gasteiger partial charge in [-0.05, 0) is 18.8 Å². The van der Waals surface area contributed by atoms with Gasteiger partial charge in [0.15, 0.2) is 0 Å². The highest BCUT2D eigenvalue weighted by atomic mass is 35.5. The Morgan fingerprint density at radius 2 is 2.27 bits per heavy atom. The van der Waals surface area contributed by atoms with Crippen LogP contribution in [0.2, 0.25) is 0 Å². The summed E-state index contributed by atoms with van der Waals surface area (Å²) in [4.78, 5) is 11.4. The minimum Gasteiger partial charge on any atom is -0.383 e. The van der Waals surface area contributed by atoms with Crippen LogP contribution in [0.1, 0.15) is 25.7 Å². The van der Waals surface area contributed by atoms with Gasteiger partial charge in [-0.15, -0.1) is 12.4 Å². The number of hydrogen-bond donors (Lipinski definition) is 2. The molecule has 1 amide bonds. The van der Waals surface area contributed by atoms with Crippen molar-refractivity contribution in [1.29, 1.82) is 0 Å². The van der Waals surface area contributed by atoms with Gasteiger partial charge in [-0.2, -0.15) is 0 Å². The average molecular weight is 237 g/mol. The molecule has 0 aromatic rings. The van der Waals surface area contributed by atoms with E-state index in [0.717, 1.165) is 19.3 Å². The fourth-order valence-corrected chi connectivity index (χ4v) is 1.92. The number of ether oxygens (including phenoxy) is 1. The monoisotopic (exact) mass is 236 g/mol. The molecular weight excluding hydrogens is 216 g/mol. The van der Waals surface area contributed by atoms with Crippen molar-refractivity contribution in [1.82, 2.24) is 5.32 Å². The third-order valence-corrected chi connectivity index (χ3v) is 2.79. The molecule has 90 valence electrons. The lowest BCUT2D eigenvalue weighted by atomic mass is 10.00. The van der Waals surface area contributed by atoms with Gasteiger partial charge in [-0.1, -0.05) is 6.42 Å². The first-order valence-corrected chi connectivity index (χ1v) is 5.25. The van der Waals surface area contributed by atoms with Gasteiger partial charge >= 0.3 is 0 Å². The van der Waals surface area contributed by atoms with Crippen LogP contribution in [0.3, 0.4) is 0 Å². The lowest BCUT2D eigenvalue weighted by molar-refractivity contribution is -0.122. The number of carbonyl (C=O) groups is 1. The molecule has 0 radical (unpaired) electrons. The molecule has 4 nitrogen and oxygen atoms in total. The Morgan fingerprint density at radius 3 is 2.80 bits per heavy atom. The van der Waals surface area contributed by atoms with E-state index in [9.17, 15) is 4.79 Å². The van der Waals surface area contributed by atoms with E-state index < -0.39 is 0 Å². The van der Waals surface area contributed by atoms with E-state index in [4.69, 9.17) is 10.5 Å². The quantitative estimate of drug-likeness (QED) is 0.691. The van der Waals surface area contributed by atoms with Gasteiger partial charge in [0.2, 0.25) is 5.91 Å². The molecule has 0 unspecified atom stereocenters. The molecule has 0 aliphatic heterocycles. The Balaban J connectivity index is 0.00000196. The predicted octanol–water partition coefficient (Wildman–Crippen LogP) is 0.688. The smallest absolute Gasteiger partial charge is 0.220 e. The molecule has 1 aliphatic carbocycles. The Bertz CT molecular complexity index is 190. The third kappa shape index (κ3) is 5.35. The highest BCUT2D eigenvalue weighted by Gasteiger charge is 2.25. The number of nitrogens with one attached hydrogen (secondary N) is 1. The highest BCUT2D eigenvalue weighted by molar-refractivity contribution is 5.85. The van der Waals surface area contributed by atoms with Crippen LogP contribution >= 0.6 is 12.4 Å². The minimum absolute atomic E-state index is 0. The molecule has 0 spiro atoms. The summed E-state index contributed by atoms with van der Waals surface area (Å²) >= 11 is 0. The maximum absolute atomic E-state index is 11.4. The summed E-state index contributed by atoms with van der Waals surface area (Å²) < 4.78 is 4.84. The van der Waals surface area contributed by atoms with Crippen LogP contribution in [-0.4, -0.2) is 32.2 Å². The Morgan fingerprint density at radius 1 is 1.53 bits per heavy atom. The number of halogens is 1. The summed E-state index contributed by atoms with van der Waals surface area (Å²) in [5, 5.41) is 2.81. The summed E-state index contributed by atoms with van der Waals surface area (Å²) in [7, 11) is 1.62. The van der Waals surface area contributed by atoms with Gasteiger partial charge in [0, 0.05) is 26.1 Å². The van der Waals surface area contributed by atoms with E-state index >= 15 is 0 Å². The number of hydrogen-bond acceptors (Lipinski definition) is 3. The van der Waals surface area contributed by atoms with Crippen molar-refractivity contribution < 1.29 is 9.53 Å². The van der Waals surface area contributed by atoms with E-state index in [0.29, 0.717) is 25.5 Å². The molecule has 1 rings (SSSR count). The number of rotatable bonds is 5. The zero-order chi connectivity index (χ0) is 10.4. The molecule has 0 aromatic carbocycles. The first-order valence-electron chi connectivity index (χ1n) is 5.25. The number of carbonyl (C=O) groups excluding carboxylic acids is 1. The van der Waals surface area contributed by atoms with Crippen molar-refractivity contribution in [2.75, 3.05) is 20.3 Å². The lowest BCUT2D eigenvalue weighted by Gasteiger charge is -2.14. The van der Waals surface area contributed by atoms with Crippen molar-refractivity contribution >= 4 is 18.3 Å². The SMILES string of the molecule is COCCNC(=O)C[C@@H]1CCC[C@H]1N.Cl. The topological polar surface area (TPSA) is 64.3 Å². The van der Waals surface area contributed by atoms with Crippen LogP contribution in [0, 0.1) is 5.92 Å². The van der Waals surface area contributed by atoms with Gasteiger partial charge < -0.3 is 15.8 Å². The summed E-state index contributed by atoms with van der Waals surface area (Å²) in [5.74, 6) is 0.488. The fraction of sp³-hybridized carbons (Fsp3) is 0.900. The van der Waals surface area contributed by atoms with Crippen molar-refractivity contribution in [3.05, 3.63) is 0 Å². The predicted molar refractivity (Wildman–Crippen MR) is 62.1 cm³/mol. The Hall–Kier alpha value is -0.320. The van der Waals surface area contributed by atoms with E-state index in [1.54, 1.807) is 7.11 Å². The zero-order valence-corrected chi connectivity index (χ0v) is 10.0. The Labute approximate surface area is 97.3 Å².